The molecule has 0 spiro atoms. The minimum Gasteiger partial charge on any atom is -0.497 e. The standard InChI is InChI=1S/C24H28N2O2/c1-18-7-4-8-20(13-18)24-23-9-5-10-25(23)11-6-12-26(24)17-19-14-21(27-2)16-22(15-19)28-3/h4-5,7-10,13-16,24H,6,11-12,17H2,1-3H3/t24-/m0/s1. The van der Waals surface area contributed by atoms with Crippen LogP contribution in [0.5, 0.6) is 11.5 Å². The van der Waals surface area contributed by atoms with Gasteiger partial charge in [-0.3, -0.25) is 4.90 Å². The number of aromatic nitrogens is 1. The zero-order valence-electron chi connectivity index (χ0n) is 16.9. The SMILES string of the molecule is COc1cc(CN2CCCn3cccc3[C@@H]2c2cccc(C)c2)cc(OC)c1. The van der Waals surface area contributed by atoms with Crippen molar-refractivity contribution in [3.05, 3.63) is 83.2 Å². The Hall–Kier alpha value is -2.72. The first-order chi connectivity index (χ1) is 13.7. The number of nitrogens with zero attached hydrogens (tertiary/aromatic N) is 2. The molecule has 2 heterocycles. The van der Waals surface area contributed by atoms with E-state index in [9.17, 15) is 0 Å². The van der Waals surface area contributed by atoms with Crippen molar-refractivity contribution in [2.75, 3.05) is 20.8 Å². The lowest BCUT2D eigenvalue weighted by molar-refractivity contribution is 0.219. The minimum absolute atomic E-state index is 0.231. The topological polar surface area (TPSA) is 26.6 Å². The molecule has 1 aliphatic rings. The molecule has 3 aromatic rings. The van der Waals surface area contributed by atoms with Crippen molar-refractivity contribution in [2.24, 2.45) is 0 Å². The van der Waals surface area contributed by atoms with Crippen LogP contribution in [0.3, 0.4) is 0 Å². The monoisotopic (exact) mass is 376 g/mol. The van der Waals surface area contributed by atoms with Gasteiger partial charge in [0.15, 0.2) is 0 Å². The number of benzene rings is 2. The van der Waals surface area contributed by atoms with Crippen LogP contribution < -0.4 is 9.47 Å². The van der Waals surface area contributed by atoms with Gasteiger partial charge in [0.1, 0.15) is 11.5 Å². The maximum Gasteiger partial charge on any atom is 0.122 e. The zero-order valence-corrected chi connectivity index (χ0v) is 16.9. The first-order valence-corrected chi connectivity index (χ1v) is 9.85. The van der Waals surface area contributed by atoms with Crippen molar-refractivity contribution in [2.45, 2.75) is 32.5 Å². The molecule has 0 saturated heterocycles. The molecule has 4 nitrogen and oxygen atoms in total. The van der Waals surface area contributed by atoms with E-state index in [0.717, 1.165) is 37.6 Å². The molecule has 0 saturated carbocycles. The molecule has 1 aromatic heterocycles. The predicted octanol–water partition coefficient (Wildman–Crippen LogP) is 4.81. The summed E-state index contributed by atoms with van der Waals surface area (Å²) >= 11 is 0. The van der Waals surface area contributed by atoms with Gasteiger partial charge in [-0.15, -0.1) is 0 Å². The van der Waals surface area contributed by atoms with Crippen molar-refractivity contribution in [1.29, 1.82) is 0 Å². The molecule has 2 aromatic carbocycles. The van der Waals surface area contributed by atoms with E-state index in [1.54, 1.807) is 14.2 Å². The third-order valence-corrected chi connectivity index (χ3v) is 5.51. The molecule has 0 radical (unpaired) electrons. The van der Waals surface area contributed by atoms with E-state index in [0.29, 0.717) is 0 Å². The normalized spacial score (nSPS) is 17.0. The molecule has 146 valence electrons. The third-order valence-electron chi connectivity index (χ3n) is 5.51. The van der Waals surface area contributed by atoms with Crippen molar-refractivity contribution in [3.8, 4) is 11.5 Å². The second-order valence-corrected chi connectivity index (χ2v) is 7.49. The Bertz CT molecular complexity index is 925. The van der Waals surface area contributed by atoms with Crippen LogP contribution in [0.25, 0.3) is 0 Å². The Morgan fingerprint density at radius 1 is 0.929 bits per heavy atom. The Labute approximate surface area is 167 Å². The van der Waals surface area contributed by atoms with E-state index in [1.807, 2.05) is 6.07 Å². The fourth-order valence-corrected chi connectivity index (χ4v) is 4.22. The number of rotatable bonds is 5. The van der Waals surface area contributed by atoms with Gasteiger partial charge in [-0.05, 0) is 48.7 Å². The fourth-order valence-electron chi connectivity index (χ4n) is 4.22. The molecule has 1 aliphatic heterocycles. The summed E-state index contributed by atoms with van der Waals surface area (Å²) in [6.07, 6.45) is 3.33. The Morgan fingerprint density at radius 3 is 2.43 bits per heavy atom. The van der Waals surface area contributed by atoms with Gasteiger partial charge in [-0.2, -0.15) is 0 Å². The fraction of sp³-hybridized carbons (Fsp3) is 0.333. The summed E-state index contributed by atoms with van der Waals surface area (Å²) < 4.78 is 13.4. The van der Waals surface area contributed by atoms with Gasteiger partial charge < -0.3 is 14.0 Å². The van der Waals surface area contributed by atoms with Gasteiger partial charge in [-0.25, -0.2) is 0 Å². The minimum atomic E-state index is 0.231. The summed E-state index contributed by atoms with van der Waals surface area (Å²) in [7, 11) is 3.40. The Morgan fingerprint density at radius 2 is 1.71 bits per heavy atom. The van der Waals surface area contributed by atoms with Crippen LogP contribution >= 0.6 is 0 Å². The molecule has 0 N–H and O–H groups in total. The third kappa shape index (κ3) is 3.78. The van der Waals surface area contributed by atoms with E-state index >= 15 is 0 Å². The number of hydrogen-bond acceptors (Lipinski definition) is 3. The summed E-state index contributed by atoms with van der Waals surface area (Å²) in [6, 6.07) is 19.7. The van der Waals surface area contributed by atoms with Crippen LogP contribution in [-0.4, -0.2) is 30.2 Å². The molecule has 0 aliphatic carbocycles. The molecule has 0 amide bonds. The van der Waals surface area contributed by atoms with E-state index in [4.69, 9.17) is 9.47 Å². The highest BCUT2D eigenvalue weighted by molar-refractivity contribution is 5.39. The smallest absolute Gasteiger partial charge is 0.122 e. The second kappa shape index (κ2) is 8.11. The number of ether oxygens (including phenoxy) is 2. The number of fused-ring (bicyclic) bond motifs is 1. The summed E-state index contributed by atoms with van der Waals surface area (Å²) in [4.78, 5) is 2.57. The van der Waals surface area contributed by atoms with Crippen LogP contribution in [0.15, 0.2) is 60.8 Å². The molecular formula is C24H28N2O2. The summed E-state index contributed by atoms with van der Waals surface area (Å²) in [6.45, 7) is 5.11. The van der Waals surface area contributed by atoms with Crippen LogP contribution in [0.4, 0.5) is 0 Å². The maximum absolute atomic E-state index is 5.48. The lowest BCUT2D eigenvalue weighted by Crippen LogP contribution is -2.29. The summed E-state index contributed by atoms with van der Waals surface area (Å²) in [5, 5.41) is 0. The Kier molecular flexibility index (Phi) is 5.40. The first-order valence-electron chi connectivity index (χ1n) is 9.85. The van der Waals surface area contributed by atoms with Crippen molar-refractivity contribution < 1.29 is 9.47 Å². The van der Waals surface area contributed by atoms with E-state index < -0.39 is 0 Å². The quantitative estimate of drug-likeness (QED) is 0.639. The van der Waals surface area contributed by atoms with E-state index in [-0.39, 0.29) is 6.04 Å². The first kappa shape index (κ1) is 18.6. The molecular weight excluding hydrogens is 348 g/mol. The lowest BCUT2D eigenvalue weighted by atomic mass is 9.99. The van der Waals surface area contributed by atoms with Gasteiger partial charge >= 0.3 is 0 Å². The van der Waals surface area contributed by atoms with Gasteiger partial charge in [0, 0.05) is 37.6 Å². The van der Waals surface area contributed by atoms with Crippen molar-refractivity contribution in [3.63, 3.8) is 0 Å². The van der Waals surface area contributed by atoms with E-state index in [2.05, 4.69) is 71.1 Å². The molecule has 0 bridgehead atoms. The van der Waals surface area contributed by atoms with Crippen LogP contribution in [0, 0.1) is 6.92 Å². The summed E-state index contributed by atoms with van der Waals surface area (Å²) in [5.41, 5.74) is 5.20. The van der Waals surface area contributed by atoms with Crippen molar-refractivity contribution >= 4 is 0 Å². The highest BCUT2D eigenvalue weighted by atomic mass is 16.5. The van der Waals surface area contributed by atoms with Gasteiger partial charge in [0.05, 0.1) is 20.3 Å². The number of methoxy groups -OCH3 is 2. The van der Waals surface area contributed by atoms with E-state index in [1.165, 1.54) is 22.4 Å². The maximum atomic E-state index is 5.48. The Balaban J connectivity index is 1.74. The predicted molar refractivity (Wildman–Crippen MR) is 112 cm³/mol. The molecule has 4 rings (SSSR count). The van der Waals surface area contributed by atoms with Gasteiger partial charge in [0.2, 0.25) is 0 Å². The molecule has 0 unspecified atom stereocenters. The largest absolute Gasteiger partial charge is 0.497 e. The van der Waals surface area contributed by atoms with Gasteiger partial charge in [0.25, 0.3) is 0 Å². The molecule has 0 fully saturated rings. The highest BCUT2D eigenvalue weighted by Crippen LogP contribution is 2.34. The van der Waals surface area contributed by atoms with Crippen molar-refractivity contribution in [1.82, 2.24) is 9.47 Å². The second-order valence-electron chi connectivity index (χ2n) is 7.49. The van der Waals surface area contributed by atoms with Gasteiger partial charge in [-0.1, -0.05) is 29.8 Å². The van der Waals surface area contributed by atoms with Crippen LogP contribution in [0.1, 0.15) is 34.8 Å². The molecule has 28 heavy (non-hydrogen) atoms. The van der Waals surface area contributed by atoms with Crippen LogP contribution in [-0.2, 0) is 13.1 Å². The molecule has 4 heteroatoms. The van der Waals surface area contributed by atoms with Crippen LogP contribution in [0.2, 0.25) is 0 Å². The highest BCUT2D eigenvalue weighted by Gasteiger charge is 2.27. The summed E-state index contributed by atoms with van der Waals surface area (Å²) in [5.74, 6) is 1.67. The average molecular weight is 377 g/mol. The zero-order chi connectivity index (χ0) is 19.5. The number of aryl methyl sites for hydroxylation is 2. The number of hydrogen-bond donors (Lipinski definition) is 0. The average Bonchev–Trinajstić information content (AvgIpc) is 3.09. The molecule has 1 atom stereocenters. The lowest BCUT2D eigenvalue weighted by Gasteiger charge is -2.31.